The van der Waals surface area contributed by atoms with E-state index in [9.17, 15) is 0 Å². The van der Waals surface area contributed by atoms with Crippen molar-refractivity contribution < 1.29 is 0 Å². The van der Waals surface area contributed by atoms with Crippen molar-refractivity contribution in [2.24, 2.45) is 0 Å². The molecule has 0 heterocycles. The smallest absolute Gasteiger partial charge is 0.0124 e. The maximum Gasteiger partial charge on any atom is 0.0124 e. The van der Waals surface area contributed by atoms with Crippen LogP contribution in [0.1, 0.15) is 25.3 Å². The Kier molecular flexibility index (Phi) is 3.54. The fourth-order valence-corrected chi connectivity index (χ4v) is 1.42. The quantitative estimate of drug-likeness (QED) is 0.711. The second-order valence-electron chi connectivity index (χ2n) is 2.81. The summed E-state index contributed by atoms with van der Waals surface area (Å²) < 4.78 is 1.24. The molecule has 0 amide bonds. The Morgan fingerprint density at radius 1 is 1.33 bits per heavy atom. The molecule has 0 radical (unpaired) electrons. The van der Waals surface area contributed by atoms with Gasteiger partial charge in [-0.25, -0.2) is 0 Å². The Balaban J connectivity index is 2.86. The molecule has 0 N–H and O–H groups in total. The molecule has 0 nitrogen and oxygen atoms in total. The highest BCUT2D eigenvalue weighted by molar-refractivity contribution is 9.11. The van der Waals surface area contributed by atoms with Gasteiger partial charge in [0.2, 0.25) is 0 Å². The molecule has 12 heavy (non-hydrogen) atoms. The lowest BCUT2D eigenvalue weighted by molar-refractivity contribution is 0.953. The standard InChI is InChI=1S/C11H13Br/c1-3-11(12)9(2)10-7-5-4-6-8-10/h3-9H,1-2H3. The van der Waals surface area contributed by atoms with Crippen LogP contribution < -0.4 is 0 Å². The fraction of sp³-hybridized carbons (Fsp3) is 0.273. The summed E-state index contributed by atoms with van der Waals surface area (Å²) in [6.07, 6.45) is 2.09. The van der Waals surface area contributed by atoms with Crippen molar-refractivity contribution in [3.05, 3.63) is 46.5 Å². The van der Waals surface area contributed by atoms with Crippen LogP contribution in [0.3, 0.4) is 0 Å². The molecule has 1 aromatic carbocycles. The first-order chi connectivity index (χ1) is 5.75. The summed E-state index contributed by atoms with van der Waals surface area (Å²) in [7, 11) is 0. The van der Waals surface area contributed by atoms with Gasteiger partial charge >= 0.3 is 0 Å². The molecule has 1 atom stereocenters. The number of halogens is 1. The van der Waals surface area contributed by atoms with Gasteiger partial charge < -0.3 is 0 Å². The first-order valence-electron chi connectivity index (χ1n) is 4.12. The van der Waals surface area contributed by atoms with E-state index in [0.29, 0.717) is 5.92 Å². The van der Waals surface area contributed by atoms with Gasteiger partial charge in [0, 0.05) is 5.92 Å². The molecule has 0 fully saturated rings. The van der Waals surface area contributed by atoms with Gasteiger partial charge in [-0.15, -0.1) is 0 Å². The van der Waals surface area contributed by atoms with Crippen molar-refractivity contribution in [3.8, 4) is 0 Å². The molecule has 1 rings (SSSR count). The third kappa shape index (κ3) is 2.21. The van der Waals surface area contributed by atoms with Gasteiger partial charge in [-0.1, -0.05) is 59.3 Å². The van der Waals surface area contributed by atoms with Gasteiger partial charge in [0.05, 0.1) is 0 Å². The highest BCUT2D eigenvalue weighted by Gasteiger charge is 2.06. The van der Waals surface area contributed by atoms with Gasteiger partial charge in [-0.05, 0) is 17.0 Å². The van der Waals surface area contributed by atoms with Crippen molar-refractivity contribution in [1.29, 1.82) is 0 Å². The van der Waals surface area contributed by atoms with Crippen LogP contribution in [0.25, 0.3) is 0 Å². The van der Waals surface area contributed by atoms with Crippen LogP contribution in [0.5, 0.6) is 0 Å². The predicted molar refractivity (Wildman–Crippen MR) is 57.5 cm³/mol. The van der Waals surface area contributed by atoms with Crippen LogP contribution in [-0.4, -0.2) is 0 Å². The van der Waals surface area contributed by atoms with Crippen molar-refractivity contribution in [2.75, 3.05) is 0 Å². The highest BCUT2D eigenvalue weighted by atomic mass is 79.9. The van der Waals surface area contributed by atoms with Crippen LogP contribution in [-0.2, 0) is 0 Å². The summed E-state index contributed by atoms with van der Waals surface area (Å²) in [4.78, 5) is 0. The maximum atomic E-state index is 3.54. The zero-order valence-electron chi connectivity index (χ0n) is 7.42. The Morgan fingerprint density at radius 3 is 2.42 bits per heavy atom. The van der Waals surface area contributed by atoms with Crippen LogP contribution in [0, 0.1) is 0 Å². The molecule has 0 spiro atoms. The average molecular weight is 225 g/mol. The van der Waals surface area contributed by atoms with Gasteiger partial charge in [0.1, 0.15) is 0 Å². The van der Waals surface area contributed by atoms with Crippen molar-refractivity contribution in [1.82, 2.24) is 0 Å². The van der Waals surface area contributed by atoms with Crippen molar-refractivity contribution in [3.63, 3.8) is 0 Å². The number of benzene rings is 1. The normalized spacial score (nSPS) is 14.4. The SMILES string of the molecule is CC=C(Br)C(C)c1ccccc1. The molecule has 0 aliphatic carbocycles. The zero-order chi connectivity index (χ0) is 8.97. The summed E-state index contributed by atoms with van der Waals surface area (Å²) in [5, 5.41) is 0. The average Bonchev–Trinajstić information content (AvgIpc) is 2.17. The minimum Gasteiger partial charge on any atom is -0.0769 e. The highest BCUT2D eigenvalue weighted by Crippen LogP contribution is 2.27. The molecule has 1 aromatic rings. The van der Waals surface area contributed by atoms with E-state index < -0.39 is 0 Å². The zero-order valence-corrected chi connectivity index (χ0v) is 9.01. The second-order valence-corrected chi connectivity index (χ2v) is 3.72. The van der Waals surface area contributed by atoms with Gasteiger partial charge in [0.15, 0.2) is 0 Å². The van der Waals surface area contributed by atoms with E-state index in [-0.39, 0.29) is 0 Å². The second kappa shape index (κ2) is 4.46. The molecule has 0 aliphatic rings. The molecule has 0 saturated carbocycles. The minimum absolute atomic E-state index is 0.469. The number of hydrogen-bond acceptors (Lipinski definition) is 0. The minimum atomic E-state index is 0.469. The maximum absolute atomic E-state index is 3.54. The summed E-state index contributed by atoms with van der Waals surface area (Å²) >= 11 is 3.54. The number of allylic oxidation sites excluding steroid dienone is 2. The van der Waals surface area contributed by atoms with Gasteiger partial charge in [0.25, 0.3) is 0 Å². The van der Waals surface area contributed by atoms with Crippen molar-refractivity contribution >= 4 is 15.9 Å². The van der Waals surface area contributed by atoms with E-state index in [4.69, 9.17) is 0 Å². The number of hydrogen-bond donors (Lipinski definition) is 0. The molecule has 0 bridgehead atoms. The lowest BCUT2D eigenvalue weighted by Gasteiger charge is -2.09. The van der Waals surface area contributed by atoms with Crippen LogP contribution in [0.4, 0.5) is 0 Å². The van der Waals surface area contributed by atoms with E-state index >= 15 is 0 Å². The van der Waals surface area contributed by atoms with E-state index in [1.54, 1.807) is 0 Å². The van der Waals surface area contributed by atoms with E-state index in [1.165, 1.54) is 10.0 Å². The van der Waals surface area contributed by atoms with E-state index in [2.05, 4.69) is 53.2 Å². The first-order valence-corrected chi connectivity index (χ1v) is 4.91. The van der Waals surface area contributed by atoms with Crippen molar-refractivity contribution in [2.45, 2.75) is 19.8 Å². The van der Waals surface area contributed by atoms with Gasteiger partial charge in [-0.2, -0.15) is 0 Å². The molecular formula is C11H13Br. The Morgan fingerprint density at radius 2 is 1.92 bits per heavy atom. The fourth-order valence-electron chi connectivity index (χ4n) is 1.15. The summed E-state index contributed by atoms with van der Waals surface area (Å²) in [6.45, 7) is 4.24. The van der Waals surface area contributed by atoms with Crippen LogP contribution >= 0.6 is 15.9 Å². The van der Waals surface area contributed by atoms with Crippen LogP contribution in [0.15, 0.2) is 40.9 Å². The molecule has 0 aromatic heterocycles. The van der Waals surface area contributed by atoms with E-state index in [0.717, 1.165) is 0 Å². The molecule has 0 saturated heterocycles. The molecule has 1 heteroatoms. The predicted octanol–water partition coefficient (Wildman–Crippen LogP) is 4.09. The number of rotatable bonds is 2. The summed E-state index contributed by atoms with van der Waals surface area (Å²) in [5.74, 6) is 0.469. The lowest BCUT2D eigenvalue weighted by atomic mass is 10.0. The third-order valence-electron chi connectivity index (χ3n) is 1.99. The Bertz CT molecular complexity index is 262. The molecule has 64 valence electrons. The third-order valence-corrected chi connectivity index (χ3v) is 3.13. The molecular weight excluding hydrogens is 212 g/mol. The summed E-state index contributed by atoms with van der Waals surface area (Å²) in [6, 6.07) is 10.5. The topological polar surface area (TPSA) is 0 Å². The first kappa shape index (κ1) is 9.53. The molecule has 0 aliphatic heterocycles. The van der Waals surface area contributed by atoms with Gasteiger partial charge in [-0.3, -0.25) is 0 Å². The Hall–Kier alpha value is -0.560. The monoisotopic (exact) mass is 224 g/mol. The largest absolute Gasteiger partial charge is 0.0769 e. The lowest BCUT2D eigenvalue weighted by Crippen LogP contribution is -1.91. The van der Waals surface area contributed by atoms with E-state index in [1.807, 2.05) is 13.0 Å². The van der Waals surface area contributed by atoms with Crippen LogP contribution in [0.2, 0.25) is 0 Å². The summed E-state index contributed by atoms with van der Waals surface area (Å²) in [5.41, 5.74) is 1.35. The molecule has 1 unspecified atom stereocenters. The Labute approximate surface area is 82.4 Å².